The first-order chi connectivity index (χ1) is 10.3. The molecule has 0 amide bonds. The molecule has 118 valence electrons. The first-order valence-electron chi connectivity index (χ1n) is 8.04. The average molecular weight is 293 g/mol. The minimum Gasteiger partial charge on any atom is -0.490 e. The first kappa shape index (κ1) is 16.1. The van der Waals surface area contributed by atoms with Gasteiger partial charge in [0.2, 0.25) is 0 Å². The first-order valence-corrected chi connectivity index (χ1v) is 8.04. The second kappa shape index (κ2) is 8.90. The van der Waals surface area contributed by atoms with Crippen molar-refractivity contribution in [2.24, 2.45) is 5.92 Å². The summed E-state index contributed by atoms with van der Waals surface area (Å²) >= 11 is 0. The van der Waals surface area contributed by atoms with Gasteiger partial charge in [-0.05, 0) is 31.4 Å². The van der Waals surface area contributed by atoms with Crippen LogP contribution in [-0.4, -0.2) is 31.5 Å². The number of nitrogens with one attached hydrogen (secondary N) is 1. The van der Waals surface area contributed by atoms with Crippen LogP contribution in [0.3, 0.4) is 0 Å². The van der Waals surface area contributed by atoms with Gasteiger partial charge < -0.3 is 19.9 Å². The highest BCUT2D eigenvalue weighted by Crippen LogP contribution is 2.33. The molecule has 0 bridgehead atoms. The minimum atomic E-state index is 0.268. The molecule has 1 aliphatic heterocycles. The number of benzene rings is 1. The molecule has 1 aromatic carbocycles. The number of rotatable bonds is 8. The molecular formula is C17H27NO3. The Bertz CT molecular complexity index is 416. The van der Waals surface area contributed by atoms with Gasteiger partial charge in [0.1, 0.15) is 0 Å². The van der Waals surface area contributed by atoms with Gasteiger partial charge in [0, 0.05) is 25.1 Å². The lowest BCUT2D eigenvalue weighted by Gasteiger charge is -2.17. The monoisotopic (exact) mass is 293 g/mol. The zero-order valence-corrected chi connectivity index (χ0v) is 12.9. The maximum absolute atomic E-state index is 9.10. The number of hydrogen-bond acceptors (Lipinski definition) is 4. The Balaban J connectivity index is 1.91. The van der Waals surface area contributed by atoms with E-state index in [1.54, 1.807) is 0 Å². The van der Waals surface area contributed by atoms with Crippen molar-refractivity contribution in [3.05, 3.63) is 23.8 Å². The van der Waals surface area contributed by atoms with Crippen molar-refractivity contribution in [2.75, 3.05) is 26.4 Å². The predicted octanol–water partition coefficient (Wildman–Crippen LogP) is 2.74. The van der Waals surface area contributed by atoms with Crippen LogP contribution in [0.4, 0.5) is 0 Å². The van der Waals surface area contributed by atoms with Crippen LogP contribution in [0.5, 0.6) is 11.5 Å². The second-order valence-electron chi connectivity index (χ2n) is 5.59. The van der Waals surface area contributed by atoms with Crippen LogP contribution in [0, 0.1) is 5.92 Å². The number of aliphatic hydroxyl groups is 1. The van der Waals surface area contributed by atoms with E-state index in [2.05, 4.69) is 18.3 Å². The fourth-order valence-electron chi connectivity index (χ4n) is 2.74. The summed E-state index contributed by atoms with van der Waals surface area (Å²) in [6.07, 6.45) is 4.11. The van der Waals surface area contributed by atoms with E-state index in [1.165, 1.54) is 0 Å². The molecule has 0 saturated heterocycles. The molecule has 1 aromatic rings. The van der Waals surface area contributed by atoms with Gasteiger partial charge in [0.25, 0.3) is 0 Å². The molecule has 0 spiro atoms. The maximum Gasteiger partial charge on any atom is 0.165 e. The zero-order valence-electron chi connectivity index (χ0n) is 12.9. The highest BCUT2D eigenvalue weighted by molar-refractivity contribution is 5.47. The van der Waals surface area contributed by atoms with Crippen LogP contribution in [0.2, 0.25) is 0 Å². The highest BCUT2D eigenvalue weighted by Gasteiger charge is 2.14. The fourth-order valence-corrected chi connectivity index (χ4v) is 2.74. The molecule has 0 fully saturated rings. The summed E-state index contributed by atoms with van der Waals surface area (Å²) in [4.78, 5) is 0. The van der Waals surface area contributed by atoms with Gasteiger partial charge in [0.05, 0.1) is 13.2 Å². The molecule has 21 heavy (non-hydrogen) atoms. The number of fused-ring (bicyclic) bond motifs is 1. The Kier molecular flexibility index (Phi) is 6.83. The Morgan fingerprint density at radius 3 is 2.90 bits per heavy atom. The van der Waals surface area contributed by atoms with Gasteiger partial charge in [-0.3, -0.25) is 0 Å². The Morgan fingerprint density at radius 2 is 2.10 bits per heavy atom. The van der Waals surface area contributed by atoms with Gasteiger partial charge in [-0.15, -0.1) is 0 Å². The summed E-state index contributed by atoms with van der Waals surface area (Å²) in [5.41, 5.74) is 1.15. The quantitative estimate of drug-likeness (QED) is 0.774. The summed E-state index contributed by atoms with van der Waals surface area (Å²) in [7, 11) is 0. The number of ether oxygens (including phenoxy) is 2. The molecule has 1 unspecified atom stereocenters. The molecule has 0 saturated carbocycles. The van der Waals surface area contributed by atoms with Gasteiger partial charge in [-0.25, -0.2) is 0 Å². The lowest BCUT2D eigenvalue weighted by Crippen LogP contribution is -2.23. The standard InChI is InChI=1S/C17H27NO3/c1-2-5-14(8-9-19)12-18-13-15-6-3-7-16-17(15)21-11-4-10-20-16/h3,6-7,14,18-19H,2,4-5,8-13H2,1H3. The normalized spacial score (nSPS) is 15.5. The predicted molar refractivity (Wildman–Crippen MR) is 83.9 cm³/mol. The minimum absolute atomic E-state index is 0.268. The zero-order chi connectivity index (χ0) is 14.9. The van der Waals surface area contributed by atoms with E-state index < -0.39 is 0 Å². The molecule has 0 radical (unpaired) electrons. The van der Waals surface area contributed by atoms with Crippen molar-refractivity contribution in [3.63, 3.8) is 0 Å². The van der Waals surface area contributed by atoms with E-state index in [4.69, 9.17) is 14.6 Å². The summed E-state index contributed by atoms with van der Waals surface area (Å²) in [6, 6.07) is 6.07. The fraction of sp³-hybridized carbons (Fsp3) is 0.647. The number of hydrogen-bond donors (Lipinski definition) is 2. The van der Waals surface area contributed by atoms with E-state index in [0.717, 1.165) is 62.4 Å². The van der Waals surface area contributed by atoms with Gasteiger partial charge in [0.15, 0.2) is 11.5 Å². The van der Waals surface area contributed by atoms with Crippen LogP contribution in [0.15, 0.2) is 18.2 Å². The molecule has 2 rings (SSSR count). The summed E-state index contributed by atoms with van der Waals surface area (Å²) in [6.45, 7) is 5.60. The van der Waals surface area contributed by atoms with Crippen LogP contribution >= 0.6 is 0 Å². The molecule has 1 aliphatic rings. The SMILES string of the molecule is CCCC(CCO)CNCc1cccc2c1OCCCO2. The molecule has 2 N–H and O–H groups in total. The molecule has 0 aromatic heterocycles. The van der Waals surface area contributed by atoms with Crippen molar-refractivity contribution in [3.8, 4) is 11.5 Å². The lowest BCUT2D eigenvalue weighted by molar-refractivity contribution is 0.247. The third-order valence-corrected chi connectivity index (χ3v) is 3.84. The van der Waals surface area contributed by atoms with Crippen LogP contribution in [-0.2, 0) is 6.54 Å². The molecular weight excluding hydrogens is 266 g/mol. The summed E-state index contributed by atoms with van der Waals surface area (Å²) in [5, 5.41) is 12.6. The van der Waals surface area contributed by atoms with E-state index in [9.17, 15) is 0 Å². The summed E-state index contributed by atoms with van der Waals surface area (Å²) in [5.74, 6) is 2.28. The number of aliphatic hydroxyl groups excluding tert-OH is 1. The van der Waals surface area contributed by atoms with Crippen molar-refractivity contribution in [1.82, 2.24) is 5.32 Å². The van der Waals surface area contributed by atoms with Crippen molar-refractivity contribution in [2.45, 2.75) is 39.2 Å². The topological polar surface area (TPSA) is 50.7 Å². The van der Waals surface area contributed by atoms with Gasteiger partial charge in [-0.2, -0.15) is 0 Å². The van der Waals surface area contributed by atoms with E-state index in [1.807, 2.05) is 12.1 Å². The Morgan fingerprint density at radius 1 is 1.24 bits per heavy atom. The third kappa shape index (κ3) is 4.90. The smallest absolute Gasteiger partial charge is 0.165 e. The third-order valence-electron chi connectivity index (χ3n) is 3.84. The van der Waals surface area contributed by atoms with Crippen molar-refractivity contribution < 1.29 is 14.6 Å². The van der Waals surface area contributed by atoms with E-state index in [0.29, 0.717) is 12.5 Å². The van der Waals surface area contributed by atoms with Crippen LogP contribution in [0.25, 0.3) is 0 Å². The molecule has 4 heteroatoms. The van der Waals surface area contributed by atoms with Gasteiger partial charge >= 0.3 is 0 Å². The lowest BCUT2D eigenvalue weighted by atomic mass is 10.00. The Hall–Kier alpha value is -1.26. The highest BCUT2D eigenvalue weighted by atomic mass is 16.5. The van der Waals surface area contributed by atoms with Crippen LogP contribution < -0.4 is 14.8 Å². The van der Waals surface area contributed by atoms with Crippen molar-refractivity contribution in [1.29, 1.82) is 0 Å². The average Bonchev–Trinajstić information content (AvgIpc) is 2.73. The number of para-hydroxylation sites is 1. The molecule has 0 aliphatic carbocycles. The van der Waals surface area contributed by atoms with E-state index >= 15 is 0 Å². The molecule has 1 heterocycles. The van der Waals surface area contributed by atoms with Crippen LogP contribution in [0.1, 0.15) is 38.2 Å². The summed E-state index contributed by atoms with van der Waals surface area (Å²) < 4.78 is 11.5. The van der Waals surface area contributed by atoms with Crippen molar-refractivity contribution >= 4 is 0 Å². The van der Waals surface area contributed by atoms with Gasteiger partial charge in [-0.1, -0.05) is 25.5 Å². The largest absolute Gasteiger partial charge is 0.490 e. The second-order valence-corrected chi connectivity index (χ2v) is 5.59. The molecule has 1 atom stereocenters. The van der Waals surface area contributed by atoms with E-state index in [-0.39, 0.29) is 6.61 Å². The molecule has 4 nitrogen and oxygen atoms in total. The maximum atomic E-state index is 9.10. The Labute approximate surface area is 127 Å².